The van der Waals surface area contributed by atoms with Crippen LogP contribution in [0.1, 0.15) is 64.5 Å². The Labute approximate surface area is 130 Å². The Morgan fingerprint density at radius 1 is 0.947 bits per heavy atom. The van der Waals surface area contributed by atoms with Gasteiger partial charge in [-0.1, -0.05) is 33.8 Å². The van der Waals surface area contributed by atoms with Crippen LogP contribution in [0.25, 0.3) is 0 Å². The van der Waals surface area contributed by atoms with Crippen LogP contribution in [0.5, 0.6) is 0 Å². The average Bonchev–Trinajstić information content (AvgIpc) is 2.64. The summed E-state index contributed by atoms with van der Waals surface area (Å²) in [5.74, 6) is 0. The molecule has 0 spiro atoms. The molecular weight excluding hydrogens is 349 g/mol. The molecule has 2 nitrogen and oxygen atoms in total. The highest BCUT2D eigenvalue weighted by Gasteiger charge is 2.56. The Hall–Kier alpha value is -0.130. The molecule has 1 radical (unpaired) electrons. The summed E-state index contributed by atoms with van der Waals surface area (Å²) in [6.45, 7) is 8.55. The second-order valence-corrected chi connectivity index (χ2v) is 6.71. The van der Waals surface area contributed by atoms with Gasteiger partial charge in [0.15, 0.2) is 0 Å². The van der Waals surface area contributed by atoms with E-state index in [0.29, 0.717) is 0 Å². The van der Waals surface area contributed by atoms with Crippen molar-refractivity contribution >= 4 is 22.6 Å². The van der Waals surface area contributed by atoms with Crippen LogP contribution in [0.2, 0.25) is 0 Å². The van der Waals surface area contributed by atoms with Crippen LogP contribution < -0.4 is 0 Å². The van der Waals surface area contributed by atoms with Crippen molar-refractivity contribution in [1.82, 2.24) is 5.06 Å². The van der Waals surface area contributed by atoms with Crippen LogP contribution in [-0.4, -0.2) is 5.06 Å². The number of halogens is 1. The van der Waals surface area contributed by atoms with E-state index in [1.165, 1.54) is 19.8 Å². The highest BCUT2D eigenvalue weighted by atomic mass is 127. The predicted octanol–water partition coefficient (Wildman–Crippen LogP) is 4.98. The normalized spacial score (nSPS) is 20.5. The maximum Gasteiger partial charge on any atom is 0.0750 e. The molecule has 0 N–H and O–H groups in total. The predicted molar refractivity (Wildman–Crippen MR) is 86.2 cm³/mol. The minimum absolute atomic E-state index is 0.328. The molecule has 105 valence electrons. The SMILES string of the molecule is CCC1(CC)c2ccc(I)cc2C(CC)(CC)N1[O]. The fourth-order valence-electron chi connectivity index (χ4n) is 3.77. The quantitative estimate of drug-likeness (QED) is 0.684. The van der Waals surface area contributed by atoms with Gasteiger partial charge >= 0.3 is 0 Å². The van der Waals surface area contributed by atoms with Gasteiger partial charge in [-0.15, -0.1) is 10.3 Å². The van der Waals surface area contributed by atoms with E-state index in [-0.39, 0.29) is 11.1 Å². The Kier molecular flexibility index (Phi) is 4.29. The Morgan fingerprint density at radius 3 is 1.89 bits per heavy atom. The monoisotopic (exact) mass is 372 g/mol. The summed E-state index contributed by atoms with van der Waals surface area (Å²) in [5, 5.41) is 14.6. The number of rotatable bonds is 4. The van der Waals surface area contributed by atoms with Crippen molar-refractivity contribution in [3.8, 4) is 0 Å². The second kappa shape index (κ2) is 5.34. The minimum atomic E-state index is -0.331. The molecule has 0 amide bonds. The van der Waals surface area contributed by atoms with Crippen LogP contribution in [0, 0.1) is 3.57 Å². The number of hydrogen-bond donors (Lipinski definition) is 0. The molecule has 1 aromatic carbocycles. The fourth-order valence-corrected chi connectivity index (χ4v) is 4.26. The molecule has 3 heteroatoms. The highest BCUT2D eigenvalue weighted by molar-refractivity contribution is 14.1. The zero-order chi connectivity index (χ0) is 14.3. The van der Waals surface area contributed by atoms with Gasteiger partial charge in [0.2, 0.25) is 0 Å². The average molecular weight is 372 g/mol. The van der Waals surface area contributed by atoms with Crippen molar-refractivity contribution in [3.63, 3.8) is 0 Å². The van der Waals surface area contributed by atoms with Gasteiger partial charge in [-0.3, -0.25) is 0 Å². The maximum absolute atomic E-state index is 13.2. The van der Waals surface area contributed by atoms with Gasteiger partial charge in [0.1, 0.15) is 0 Å². The van der Waals surface area contributed by atoms with Crippen LogP contribution in [0.3, 0.4) is 0 Å². The van der Waals surface area contributed by atoms with Gasteiger partial charge in [-0.2, -0.15) is 0 Å². The third-order valence-corrected chi connectivity index (χ3v) is 5.77. The molecule has 2 rings (SSSR count). The summed E-state index contributed by atoms with van der Waals surface area (Å²) < 4.78 is 1.22. The summed E-state index contributed by atoms with van der Waals surface area (Å²) in [6, 6.07) is 6.54. The van der Waals surface area contributed by atoms with Crippen molar-refractivity contribution in [2.75, 3.05) is 0 Å². The molecule has 0 saturated carbocycles. The van der Waals surface area contributed by atoms with E-state index >= 15 is 0 Å². The van der Waals surface area contributed by atoms with Gasteiger partial charge in [-0.25, -0.2) is 0 Å². The summed E-state index contributed by atoms with van der Waals surface area (Å²) in [6.07, 6.45) is 3.51. The summed E-state index contributed by atoms with van der Waals surface area (Å²) in [4.78, 5) is 0. The number of hydrogen-bond acceptors (Lipinski definition) is 1. The molecule has 0 bridgehead atoms. The lowest BCUT2D eigenvalue weighted by Gasteiger charge is -2.40. The number of fused-ring (bicyclic) bond motifs is 1. The first-order valence-electron chi connectivity index (χ1n) is 7.30. The third kappa shape index (κ3) is 1.88. The topological polar surface area (TPSA) is 23.1 Å². The lowest BCUT2D eigenvalue weighted by Crippen LogP contribution is -2.47. The summed E-state index contributed by atoms with van der Waals surface area (Å²) >= 11 is 2.35. The molecule has 0 atom stereocenters. The van der Waals surface area contributed by atoms with Crippen molar-refractivity contribution in [3.05, 3.63) is 32.9 Å². The lowest BCUT2D eigenvalue weighted by atomic mass is 9.83. The van der Waals surface area contributed by atoms with Gasteiger partial charge in [0.05, 0.1) is 11.1 Å². The largest absolute Gasteiger partial charge is 0.134 e. The van der Waals surface area contributed by atoms with E-state index in [4.69, 9.17) is 0 Å². The molecule has 0 saturated heterocycles. The van der Waals surface area contributed by atoms with E-state index in [0.717, 1.165) is 25.7 Å². The standard InChI is InChI=1S/C16H23INO/c1-5-15(6-2)13-10-9-12(17)11-14(13)16(7-3,8-4)18(15)19/h9-11H,5-8H2,1-4H3. The van der Waals surface area contributed by atoms with E-state index in [1.54, 1.807) is 0 Å². The maximum atomic E-state index is 13.2. The molecule has 19 heavy (non-hydrogen) atoms. The van der Waals surface area contributed by atoms with E-state index < -0.39 is 0 Å². The Balaban J connectivity index is 2.75. The van der Waals surface area contributed by atoms with Crippen molar-refractivity contribution in [2.45, 2.75) is 64.5 Å². The number of benzene rings is 1. The first kappa shape index (κ1) is 15.3. The highest BCUT2D eigenvalue weighted by Crippen LogP contribution is 2.55. The Morgan fingerprint density at radius 2 is 1.42 bits per heavy atom. The summed E-state index contributed by atoms with van der Waals surface area (Å²) in [5.41, 5.74) is 1.87. The van der Waals surface area contributed by atoms with Crippen molar-refractivity contribution < 1.29 is 5.21 Å². The van der Waals surface area contributed by atoms with E-state index in [9.17, 15) is 5.21 Å². The van der Waals surface area contributed by atoms with E-state index in [1.807, 2.05) is 0 Å². The molecule has 1 aromatic rings. The van der Waals surface area contributed by atoms with Crippen molar-refractivity contribution in [2.24, 2.45) is 0 Å². The molecular formula is C16H23INO. The van der Waals surface area contributed by atoms with Crippen LogP contribution in [-0.2, 0) is 16.3 Å². The molecule has 1 heterocycles. The lowest BCUT2D eigenvalue weighted by molar-refractivity contribution is -0.287. The van der Waals surface area contributed by atoms with Crippen LogP contribution >= 0.6 is 22.6 Å². The van der Waals surface area contributed by atoms with Gasteiger partial charge in [0, 0.05) is 3.57 Å². The third-order valence-electron chi connectivity index (χ3n) is 5.10. The second-order valence-electron chi connectivity index (χ2n) is 5.46. The fraction of sp³-hybridized carbons (Fsp3) is 0.625. The zero-order valence-electron chi connectivity index (χ0n) is 12.3. The molecule has 0 aliphatic carbocycles. The minimum Gasteiger partial charge on any atom is -0.134 e. The smallest absolute Gasteiger partial charge is 0.0750 e. The molecule has 0 aromatic heterocycles. The molecule has 1 aliphatic rings. The molecule has 0 unspecified atom stereocenters. The Bertz CT molecular complexity index is 464. The van der Waals surface area contributed by atoms with Gasteiger partial charge in [-0.05, 0) is 71.5 Å². The molecule has 0 fully saturated rings. The van der Waals surface area contributed by atoms with Crippen LogP contribution in [0.4, 0.5) is 0 Å². The zero-order valence-corrected chi connectivity index (χ0v) is 14.5. The number of nitrogens with zero attached hydrogens (tertiary/aromatic N) is 1. The first-order chi connectivity index (χ1) is 9.02. The summed E-state index contributed by atoms with van der Waals surface area (Å²) in [7, 11) is 0. The molecule has 1 aliphatic heterocycles. The van der Waals surface area contributed by atoms with Gasteiger partial charge < -0.3 is 0 Å². The van der Waals surface area contributed by atoms with Crippen molar-refractivity contribution in [1.29, 1.82) is 0 Å². The van der Waals surface area contributed by atoms with Crippen LogP contribution in [0.15, 0.2) is 18.2 Å². The van der Waals surface area contributed by atoms with Gasteiger partial charge in [0.25, 0.3) is 0 Å². The first-order valence-corrected chi connectivity index (χ1v) is 8.38. The van der Waals surface area contributed by atoms with E-state index in [2.05, 4.69) is 68.5 Å². The number of hydroxylamine groups is 2.